The normalized spacial score (nSPS) is 25.2. The fourth-order valence-corrected chi connectivity index (χ4v) is 3.21. The van der Waals surface area contributed by atoms with Gasteiger partial charge in [-0.3, -0.25) is 4.90 Å². The van der Waals surface area contributed by atoms with Crippen molar-refractivity contribution in [3.05, 3.63) is 35.9 Å². The van der Waals surface area contributed by atoms with Crippen LogP contribution in [-0.4, -0.2) is 42.6 Å². The van der Waals surface area contributed by atoms with Crippen molar-refractivity contribution in [3.63, 3.8) is 0 Å². The maximum Gasteiger partial charge on any atom is 0.0352 e. The predicted octanol–water partition coefficient (Wildman–Crippen LogP) is 1.82. The SMILES string of the molecule is CSC1CNCC1N(C)Cc1ccccc1. The number of thioether (sulfide) groups is 1. The lowest BCUT2D eigenvalue weighted by molar-refractivity contribution is 0.253. The molecule has 0 saturated carbocycles. The van der Waals surface area contributed by atoms with Crippen molar-refractivity contribution in [2.24, 2.45) is 0 Å². The van der Waals surface area contributed by atoms with Crippen LogP contribution in [0.2, 0.25) is 0 Å². The molecule has 1 aliphatic rings. The van der Waals surface area contributed by atoms with Gasteiger partial charge in [0.25, 0.3) is 0 Å². The molecule has 1 aromatic carbocycles. The fraction of sp³-hybridized carbons (Fsp3) is 0.538. The van der Waals surface area contributed by atoms with Gasteiger partial charge in [-0.1, -0.05) is 30.3 Å². The predicted molar refractivity (Wildman–Crippen MR) is 71.9 cm³/mol. The molecule has 1 aromatic rings. The summed E-state index contributed by atoms with van der Waals surface area (Å²) < 4.78 is 0. The lowest BCUT2D eigenvalue weighted by Gasteiger charge is -2.27. The van der Waals surface area contributed by atoms with E-state index in [1.807, 2.05) is 11.8 Å². The average molecular weight is 236 g/mol. The Morgan fingerprint density at radius 2 is 2.06 bits per heavy atom. The Kier molecular flexibility index (Phi) is 4.27. The van der Waals surface area contributed by atoms with Gasteiger partial charge in [-0.25, -0.2) is 0 Å². The fourth-order valence-electron chi connectivity index (χ4n) is 2.31. The quantitative estimate of drug-likeness (QED) is 0.858. The molecule has 3 heteroatoms. The standard InChI is InChI=1S/C13H20N2S/c1-15(10-11-6-4-3-5-7-11)12-8-14-9-13(12)16-2/h3-7,12-14H,8-10H2,1-2H3. The summed E-state index contributed by atoms with van der Waals surface area (Å²) in [6.45, 7) is 3.31. The van der Waals surface area contributed by atoms with Crippen LogP contribution in [0.5, 0.6) is 0 Å². The third kappa shape index (κ3) is 2.78. The summed E-state index contributed by atoms with van der Waals surface area (Å²) in [7, 11) is 2.23. The number of hydrogen-bond donors (Lipinski definition) is 1. The topological polar surface area (TPSA) is 15.3 Å². The highest BCUT2D eigenvalue weighted by Crippen LogP contribution is 2.20. The molecule has 16 heavy (non-hydrogen) atoms. The highest BCUT2D eigenvalue weighted by Gasteiger charge is 2.29. The molecule has 2 atom stereocenters. The van der Waals surface area contributed by atoms with Crippen LogP contribution < -0.4 is 5.32 Å². The van der Waals surface area contributed by atoms with Crippen molar-refractivity contribution in [2.75, 3.05) is 26.4 Å². The zero-order valence-corrected chi connectivity index (χ0v) is 10.8. The first-order valence-corrected chi connectivity index (χ1v) is 7.07. The van der Waals surface area contributed by atoms with Gasteiger partial charge in [0.15, 0.2) is 0 Å². The summed E-state index contributed by atoms with van der Waals surface area (Å²) in [6.07, 6.45) is 2.21. The third-order valence-electron chi connectivity index (χ3n) is 3.27. The molecule has 0 spiro atoms. The summed E-state index contributed by atoms with van der Waals surface area (Å²) in [4.78, 5) is 2.47. The molecule has 2 nitrogen and oxygen atoms in total. The van der Waals surface area contributed by atoms with Gasteiger partial charge in [0.1, 0.15) is 0 Å². The van der Waals surface area contributed by atoms with E-state index in [-0.39, 0.29) is 0 Å². The molecule has 1 aliphatic heterocycles. The van der Waals surface area contributed by atoms with Crippen LogP contribution in [0.25, 0.3) is 0 Å². The highest BCUT2D eigenvalue weighted by atomic mass is 32.2. The summed E-state index contributed by atoms with van der Waals surface area (Å²) in [6, 6.07) is 11.4. The molecule has 0 amide bonds. The minimum atomic E-state index is 0.662. The third-order valence-corrected chi connectivity index (χ3v) is 4.36. The van der Waals surface area contributed by atoms with Gasteiger partial charge in [0.05, 0.1) is 0 Å². The van der Waals surface area contributed by atoms with E-state index in [0.29, 0.717) is 6.04 Å². The molecule has 0 aromatic heterocycles. The average Bonchev–Trinajstić information content (AvgIpc) is 2.78. The number of nitrogens with zero attached hydrogens (tertiary/aromatic N) is 1. The van der Waals surface area contributed by atoms with Crippen LogP contribution in [0.1, 0.15) is 5.56 Å². The van der Waals surface area contributed by atoms with E-state index in [9.17, 15) is 0 Å². The highest BCUT2D eigenvalue weighted by molar-refractivity contribution is 7.99. The maximum absolute atomic E-state index is 3.48. The molecule has 2 rings (SSSR count). The van der Waals surface area contributed by atoms with Gasteiger partial charge in [-0.05, 0) is 18.9 Å². The maximum atomic E-state index is 3.48. The number of benzene rings is 1. The molecule has 0 radical (unpaired) electrons. The lowest BCUT2D eigenvalue weighted by atomic mass is 10.1. The summed E-state index contributed by atoms with van der Waals surface area (Å²) in [5, 5.41) is 4.21. The van der Waals surface area contributed by atoms with Crippen LogP contribution in [0.15, 0.2) is 30.3 Å². The van der Waals surface area contributed by atoms with Gasteiger partial charge >= 0.3 is 0 Å². The molecule has 2 unspecified atom stereocenters. The Labute approximate surface area is 102 Å². The number of hydrogen-bond acceptors (Lipinski definition) is 3. The van der Waals surface area contributed by atoms with Crippen molar-refractivity contribution in [3.8, 4) is 0 Å². The van der Waals surface area contributed by atoms with Crippen LogP contribution in [0.4, 0.5) is 0 Å². The van der Waals surface area contributed by atoms with E-state index in [1.54, 1.807) is 0 Å². The van der Waals surface area contributed by atoms with Crippen molar-refractivity contribution in [1.29, 1.82) is 0 Å². The zero-order valence-electron chi connectivity index (χ0n) is 10.0. The second-order valence-corrected chi connectivity index (χ2v) is 5.48. The van der Waals surface area contributed by atoms with Gasteiger partial charge in [0.2, 0.25) is 0 Å². The zero-order chi connectivity index (χ0) is 11.4. The van der Waals surface area contributed by atoms with Crippen molar-refractivity contribution in [1.82, 2.24) is 10.2 Å². The van der Waals surface area contributed by atoms with Gasteiger partial charge < -0.3 is 5.32 Å². The number of likely N-dealkylation sites (N-methyl/N-ethyl adjacent to an activating group) is 1. The lowest BCUT2D eigenvalue weighted by Crippen LogP contribution is -2.38. The van der Waals surface area contributed by atoms with Crippen LogP contribution in [-0.2, 0) is 6.54 Å². The smallest absolute Gasteiger partial charge is 0.0352 e. The Balaban J connectivity index is 1.95. The van der Waals surface area contributed by atoms with E-state index in [0.717, 1.165) is 24.9 Å². The van der Waals surface area contributed by atoms with Crippen molar-refractivity contribution < 1.29 is 0 Å². The Morgan fingerprint density at radius 3 is 2.75 bits per heavy atom. The summed E-state index contributed by atoms with van der Waals surface area (Å²) in [5.41, 5.74) is 1.40. The first-order chi connectivity index (χ1) is 7.81. The van der Waals surface area contributed by atoms with E-state index < -0.39 is 0 Å². The van der Waals surface area contributed by atoms with Crippen LogP contribution >= 0.6 is 11.8 Å². The molecule has 88 valence electrons. The number of nitrogens with one attached hydrogen (secondary N) is 1. The minimum absolute atomic E-state index is 0.662. The molecular weight excluding hydrogens is 216 g/mol. The molecule has 1 heterocycles. The van der Waals surface area contributed by atoms with E-state index in [2.05, 4.69) is 53.9 Å². The van der Waals surface area contributed by atoms with Crippen LogP contribution in [0, 0.1) is 0 Å². The Morgan fingerprint density at radius 1 is 1.31 bits per heavy atom. The van der Waals surface area contributed by atoms with Crippen LogP contribution in [0.3, 0.4) is 0 Å². The second kappa shape index (κ2) is 5.71. The first-order valence-electron chi connectivity index (χ1n) is 5.79. The monoisotopic (exact) mass is 236 g/mol. The number of rotatable bonds is 4. The first kappa shape index (κ1) is 12.0. The largest absolute Gasteiger partial charge is 0.314 e. The Bertz CT molecular complexity index is 315. The Hall–Kier alpha value is -0.510. The summed E-state index contributed by atoms with van der Waals surface area (Å²) >= 11 is 1.98. The van der Waals surface area contributed by atoms with E-state index >= 15 is 0 Å². The van der Waals surface area contributed by atoms with Crippen molar-refractivity contribution in [2.45, 2.75) is 17.8 Å². The van der Waals surface area contributed by atoms with Gasteiger partial charge in [0, 0.05) is 30.9 Å². The van der Waals surface area contributed by atoms with E-state index in [4.69, 9.17) is 0 Å². The molecule has 0 bridgehead atoms. The van der Waals surface area contributed by atoms with Gasteiger partial charge in [-0.15, -0.1) is 0 Å². The van der Waals surface area contributed by atoms with Gasteiger partial charge in [-0.2, -0.15) is 11.8 Å². The molecule has 1 fully saturated rings. The molecule has 1 N–H and O–H groups in total. The molecule has 0 aliphatic carbocycles. The van der Waals surface area contributed by atoms with E-state index in [1.165, 1.54) is 5.56 Å². The molecular formula is C13H20N2S. The summed E-state index contributed by atoms with van der Waals surface area (Å²) in [5.74, 6) is 0. The van der Waals surface area contributed by atoms with Crippen molar-refractivity contribution >= 4 is 11.8 Å². The molecule has 1 saturated heterocycles. The minimum Gasteiger partial charge on any atom is -0.314 e. The second-order valence-electron chi connectivity index (χ2n) is 4.40.